The predicted octanol–water partition coefficient (Wildman–Crippen LogP) is 3.43. The number of methoxy groups -OCH3 is 1. The number of hydrogen-bond donors (Lipinski definition) is 1. The summed E-state index contributed by atoms with van der Waals surface area (Å²) in [7, 11) is 1.72. The van der Waals surface area contributed by atoms with Gasteiger partial charge >= 0.3 is 0 Å². The van der Waals surface area contributed by atoms with E-state index in [2.05, 4.69) is 40.7 Å². The van der Waals surface area contributed by atoms with E-state index in [4.69, 9.17) is 4.74 Å². The molecule has 2 heteroatoms. The molecule has 0 bridgehead atoms. The maximum atomic E-state index is 9.46. The molecule has 1 aromatic rings. The average molecular weight is 250 g/mol. The summed E-state index contributed by atoms with van der Waals surface area (Å²) in [6.45, 7) is 10.9. The minimum Gasteiger partial charge on any atom is -0.496 e. The van der Waals surface area contributed by atoms with E-state index < -0.39 is 0 Å². The molecule has 0 aliphatic rings. The summed E-state index contributed by atoms with van der Waals surface area (Å²) >= 11 is 0. The van der Waals surface area contributed by atoms with Gasteiger partial charge in [0, 0.05) is 6.61 Å². The van der Waals surface area contributed by atoms with Crippen molar-refractivity contribution in [2.75, 3.05) is 13.7 Å². The summed E-state index contributed by atoms with van der Waals surface area (Å²) in [5.41, 5.74) is 5.01. The van der Waals surface area contributed by atoms with Crippen LogP contribution < -0.4 is 4.74 Å². The maximum absolute atomic E-state index is 9.46. The third-order valence-corrected chi connectivity index (χ3v) is 4.00. The Balaban J connectivity index is 3.11. The molecule has 0 radical (unpaired) electrons. The van der Waals surface area contributed by atoms with Gasteiger partial charge in [-0.05, 0) is 61.3 Å². The van der Waals surface area contributed by atoms with Gasteiger partial charge in [0.15, 0.2) is 0 Å². The fourth-order valence-electron chi connectivity index (χ4n) is 2.46. The van der Waals surface area contributed by atoms with Crippen LogP contribution in [0.4, 0.5) is 0 Å². The second kappa shape index (κ2) is 6.24. The normalized spacial score (nSPS) is 12.9. The molecule has 1 aromatic carbocycles. The van der Waals surface area contributed by atoms with Crippen LogP contribution in [0.2, 0.25) is 0 Å². The van der Waals surface area contributed by atoms with E-state index in [1.807, 2.05) is 0 Å². The Hall–Kier alpha value is -1.02. The SMILES string of the molecule is COc1c(C)cc(CC(CO)C(C)C)c(C)c1C. The number of aryl methyl sites for hydroxylation is 1. The van der Waals surface area contributed by atoms with Gasteiger partial charge in [0.2, 0.25) is 0 Å². The van der Waals surface area contributed by atoms with Crippen molar-refractivity contribution in [3.8, 4) is 5.75 Å². The van der Waals surface area contributed by atoms with Crippen LogP contribution in [-0.2, 0) is 6.42 Å². The monoisotopic (exact) mass is 250 g/mol. The highest BCUT2D eigenvalue weighted by Gasteiger charge is 2.17. The summed E-state index contributed by atoms with van der Waals surface area (Å²) in [4.78, 5) is 0. The molecule has 0 aliphatic heterocycles. The van der Waals surface area contributed by atoms with E-state index in [1.165, 1.54) is 22.3 Å². The fourth-order valence-corrected chi connectivity index (χ4v) is 2.46. The first-order valence-electron chi connectivity index (χ1n) is 6.66. The first-order chi connectivity index (χ1) is 8.42. The first-order valence-corrected chi connectivity index (χ1v) is 6.66. The molecule has 2 nitrogen and oxygen atoms in total. The smallest absolute Gasteiger partial charge is 0.124 e. The number of ether oxygens (including phenoxy) is 1. The molecule has 18 heavy (non-hydrogen) atoms. The van der Waals surface area contributed by atoms with Crippen molar-refractivity contribution in [3.05, 3.63) is 28.3 Å². The Kier molecular flexibility index (Phi) is 5.21. The largest absolute Gasteiger partial charge is 0.496 e. The van der Waals surface area contributed by atoms with Crippen molar-refractivity contribution in [2.24, 2.45) is 11.8 Å². The molecule has 0 heterocycles. The van der Waals surface area contributed by atoms with Crippen LogP contribution in [0.1, 0.15) is 36.1 Å². The summed E-state index contributed by atoms with van der Waals surface area (Å²) in [6, 6.07) is 2.20. The van der Waals surface area contributed by atoms with E-state index in [-0.39, 0.29) is 6.61 Å². The minimum absolute atomic E-state index is 0.251. The van der Waals surface area contributed by atoms with Gasteiger partial charge in [0.05, 0.1) is 7.11 Å². The van der Waals surface area contributed by atoms with Gasteiger partial charge in [0.1, 0.15) is 5.75 Å². The lowest BCUT2D eigenvalue weighted by Gasteiger charge is -2.22. The number of benzene rings is 1. The Morgan fingerprint density at radius 3 is 2.22 bits per heavy atom. The highest BCUT2D eigenvalue weighted by molar-refractivity contribution is 5.49. The Bertz CT molecular complexity index is 408. The third kappa shape index (κ3) is 3.05. The van der Waals surface area contributed by atoms with E-state index in [1.54, 1.807) is 7.11 Å². The summed E-state index contributed by atoms with van der Waals surface area (Å²) in [6.07, 6.45) is 0.936. The van der Waals surface area contributed by atoms with E-state index in [0.29, 0.717) is 11.8 Å². The molecule has 0 amide bonds. The molecule has 1 unspecified atom stereocenters. The van der Waals surface area contributed by atoms with Gasteiger partial charge in [-0.15, -0.1) is 0 Å². The Morgan fingerprint density at radius 1 is 1.17 bits per heavy atom. The van der Waals surface area contributed by atoms with Crippen molar-refractivity contribution in [1.29, 1.82) is 0 Å². The van der Waals surface area contributed by atoms with Gasteiger partial charge in [-0.2, -0.15) is 0 Å². The number of rotatable bonds is 5. The predicted molar refractivity (Wildman–Crippen MR) is 76.3 cm³/mol. The Morgan fingerprint density at radius 2 is 1.78 bits per heavy atom. The van der Waals surface area contributed by atoms with Crippen LogP contribution >= 0.6 is 0 Å². The number of hydrogen-bond acceptors (Lipinski definition) is 2. The standard InChI is InChI=1S/C16H26O2/c1-10(2)15(9-17)8-14-7-11(3)16(18-6)13(5)12(14)4/h7,10,15,17H,8-9H2,1-6H3. The summed E-state index contributed by atoms with van der Waals surface area (Å²) in [5.74, 6) is 1.81. The average Bonchev–Trinajstić information content (AvgIpc) is 2.32. The van der Waals surface area contributed by atoms with Gasteiger partial charge in [0.25, 0.3) is 0 Å². The van der Waals surface area contributed by atoms with Gasteiger partial charge in [-0.3, -0.25) is 0 Å². The summed E-state index contributed by atoms with van der Waals surface area (Å²) in [5, 5.41) is 9.46. The van der Waals surface area contributed by atoms with E-state index in [9.17, 15) is 5.11 Å². The molecule has 0 fully saturated rings. The molecule has 0 spiro atoms. The van der Waals surface area contributed by atoms with E-state index >= 15 is 0 Å². The third-order valence-electron chi connectivity index (χ3n) is 4.00. The zero-order chi connectivity index (χ0) is 13.9. The van der Waals surface area contributed by atoms with Crippen molar-refractivity contribution in [1.82, 2.24) is 0 Å². The molecule has 1 N–H and O–H groups in total. The van der Waals surface area contributed by atoms with Crippen molar-refractivity contribution >= 4 is 0 Å². The molecule has 1 atom stereocenters. The highest BCUT2D eigenvalue weighted by atomic mass is 16.5. The molecule has 0 saturated heterocycles. The van der Waals surface area contributed by atoms with Crippen LogP contribution in [0.5, 0.6) is 5.75 Å². The van der Waals surface area contributed by atoms with Crippen molar-refractivity contribution in [2.45, 2.75) is 41.0 Å². The molecule has 1 rings (SSSR count). The van der Waals surface area contributed by atoms with Gasteiger partial charge in [-0.1, -0.05) is 19.9 Å². The van der Waals surface area contributed by atoms with Crippen molar-refractivity contribution < 1.29 is 9.84 Å². The van der Waals surface area contributed by atoms with Crippen LogP contribution in [-0.4, -0.2) is 18.8 Å². The zero-order valence-corrected chi connectivity index (χ0v) is 12.5. The highest BCUT2D eigenvalue weighted by Crippen LogP contribution is 2.30. The van der Waals surface area contributed by atoms with Gasteiger partial charge < -0.3 is 9.84 Å². The lowest BCUT2D eigenvalue weighted by molar-refractivity contribution is 0.189. The van der Waals surface area contributed by atoms with Crippen LogP contribution in [0, 0.1) is 32.6 Å². The zero-order valence-electron chi connectivity index (χ0n) is 12.5. The second-order valence-corrected chi connectivity index (χ2v) is 5.53. The molecule has 0 aliphatic carbocycles. The number of aliphatic hydroxyl groups is 1. The lowest BCUT2D eigenvalue weighted by Crippen LogP contribution is -2.17. The molecular weight excluding hydrogens is 224 g/mol. The van der Waals surface area contributed by atoms with Crippen LogP contribution in [0.15, 0.2) is 6.07 Å². The minimum atomic E-state index is 0.251. The molecular formula is C16H26O2. The lowest BCUT2D eigenvalue weighted by atomic mass is 9.86. The maximum Gasteiger partial charge on any atom is 0.124 e. The van der Waals surface area contributed by atoms with Crippen LogP contribution in [0.3, 0.4) is 0 Å². The molecule has 0 aromatic heterocycles. The summed E-state index contributed by atoms with van der Waals surface area (Å²) < 4.78 is 5.44. The topological polar surface area (TPSA) is 29.5 Å². The fraction of sp³-hybridized carbons (Fsp3) is 0.625. The molecule has 102 valence electrons. The van der Waals surface area contributed by atoms with E-state index in [0.717, 1.165) is 12.2 Å². The number of aliphatic hydroxyl groups excluding tert-OH is 1. The quantitative estimate of drug-likeness (QED) is 0.867. The molecule has 0 saturated carbocycles. The Labute approximate surface area is 111 Å². The van der Waals surface area contributed by atoms with Crippen LogP contribution in [0.25, 0.3) is 0 Å². The second-order valence-electron chi connectivity index (χ2n) is 5.53. The first kappa shape index (κ1) is 15.0. The van der Waals surface area contributed by atoms with Crippen molar-refractivity contribution in [3.63, 3.8) is 0 Å². The van der Waals surface area contributed by atoms with Gasteiger partial charge in [-0.25, -0.2) is 0 Å².